The van der Waals surface area contributed by atoms with E-state index in [1.54, 1.807) is 13.8 Å². The summed E-state index contributed by atoms with van der Waals surface area (Å²) in [5, 5.41) is 5.63. The first-order valence-electron chi connectivity index (χ1n) is 10.5. The second-order valence-electron chi connectivity index (χ2n) is 7.53. The lowest BCUT2D eigenvalue weighted by Gasteiger charge is -2.35. The number of nitrogens with zero attached hydrogens (tertiary/aromatic N) is 1. The zero-order valence-corrected chi connectivity index (χ0v) is 19.4. The molecule has 2 atom stereocenters. The zero-order chi connectivity index (χ0) is 22.4. The van der Waals surface area contributed by atoms with Crippen LogP contribution in [-0.4, -0.2) is 55.7 Å². The standard InChI is InChI=1S/C22H28BrN3O5/c1-3-30-20(27)15-8-6-10-26(12-15)13-17-18(21(28)31-4-2)19(25-22(29)24-17)14-7-5-9-16(23)11-14/h5,7,9,11,15,19H,3-4,6,8,10,12-13H2,1-2H3,(H2,24,25,29)/t15-,19-/m1/s1. The Morgan fingerprint density at radius 3 is 2.71 bits per heavy atom. The molecule has 0 aromatic heterocycles. The van der Waals surface area contributed by atoms with E-state index in [-0.39, 0.29) is 24.5 Å². The van der Waals surface area contributed by atoms with Gasteiger partial charge in [-0.2, -0.15) is 0 Å². The number of carbonyl (C=O) groups is 3. The van der Waals surface area contributed by atoms with Crippen LogP contribution in [0.15, 0.2) is 40.0 Å². The minimum atomic E-state index is -0.633. The van der Waals surface area contributed by atoms with Crippen molar-refractivity contribution < 1.29 is 23.9 Å². The predicted octanol–water partition coefficient (Wildman–Crippen LogP) is 2.90. The first kappa shape index (κ1) is 23.3. The van der Waals surface area contributed by atoms with E-state index in [1.807, 2.05) is 24.3 Å². The Hall–Kier alpha value is -2.39. The smallest absolute Gasteiger partial charge is 0.338 e. The van der Waals surface area contributed by atoms with E-state index in [2.05, 4.69) is 31.5 Å². The van der Waals surface area contributed by atoms with Gasteiger partial charge in [-0.1, -0.05) is 28.1 Å². The summed E-state index contributed by atoms with van der Waals surface area (Å²) >= 11 is 3.45. The Labute approximate surface area is 190 Å². The van der Waals surface area contributed by atoms with Gasteiger partial charge in [-0.25, -0.2) is 9.59 Å². The average Bonchev–Trinajstić information content (AvgIpc) is 2.74. The summed E-state index contributed by atoms with van der Waals surface area (Å²) in [5.41, 5.74) is 1.64. The molecule has 0 spiro atoms. The van der Waals surface area contributed by atoms with Crippen molar-refractivity contribution in [2.45, 2.75) is 32.7 Å². The number of halogens is 1. The van der Waals surface area contributed by atoms with Crippen LogP contribution in [0.3, 0.4) is 0 Å². The third kappa shape index (κ3) is 5.86. The number of likely N-dealkylation sites (tertiary alicyclic amines) is 1. The quantitative estimate of drug-likeness (QED) is 0.566. The molecule has 2 aliphatic heterocycles. The number of rotatable bonds is 7. The van der Waals surface area contributed by atoms with E-state index in [0.717, 1.165) is 29.4 Å². The molecule has 0 aliphatic carbocycles. The first-order chi connectivity index (χ1) is 14.9. The molecule has 0 saturated carbocycles. The number of hydrogen-bond acceptors (Lipinski definition) is 6. The van der Waals surface area contributed by atoms with Gasteiger partial charge in [0.25, 0.3) is 0 Å². The highest BCUT2D eigenvalue weighted by atomic mass is 79.9. The van der Waals surface area contributed by atoms with Gasteiger partial charge in [-0.05, 0) is 50.9 Å². The largest absolute Gasteiger partial charge is 0.466 e. The molecule has 31 heavy (non-hydrogen) atoms. The minimum absolute atomic E-state index is 0.201. The van der Waals surface area contributed by atoms with Crippen LogP contribution in [0.5, 0.6) is 0 Å². The van der Waals surface area contributed by atoms with Crippen molar-refractivity contribution in [2.24, 2.45) is 5.92 Å². The monoisotopic (exact) mass is 493 g/mol. The molecule has 2 aliphatic rings. The number of esters is 2. The molecule has 1 aromatic rings. The third-order valence-corrected chi connectivity index (χ3v) is 5.83. The van der Waals surface area contributed by atoms with Crippen molar-refractivity contribution >= 4 is 33.9 Å². The van der Waals surface area contributed by atoms with Crippen LogP contribution < -0.4 is 10.6 Å². The van der Waals surface area contributed by atoms with E-state index in [0.29, 0.717) is 31.0 Å². The molecule has 0 unspecified atom stereocenters. The lowest BCUT2D eigenvalue weighted by molar-refractivity contribution is -0.150. The molecule has 0 bridgehead atoms. The molecule has 2 heterocycles. The summed E-state index contributed by atoms with van der Waals surface area (Å²) in [5.74, 6) is -0.888. The summed E-state index contributed by atoms with van der Waals surface area (Å²) in [4.78, 5) is 39.6. The van der Waals surface area contributed by atoms with Crippen molar-refractivity contribution in [3.63, 3.8) is 0 Å². The number of ether oxygens (including phenoxy) is 2. The number of hydrogen-bond donors (Lipinski definition) is 2. The molecule has 1 saturated heterocycles. The Morgan fingerprint density at radius 2 is 2.00 bits per heavy atom. The average molecular weight is 494 g/mol. The van der Waals surface area contributed by atoms with Gasteiger partial charge in [0, 0.05) is 23.3 Å². The predicted molar refractivity (Wildman–Crippen MR) is 118 cm³/mol. The molecule has 1 aromatic carbocycles. The van der Waals surface area contributed by atoms with E-state index >= 15 is 0 Å². The molecule has 2 amide bonds. The maximum Gasteiger partial charge on any atom is 0.338 e. The van der Waals surface area contributed by atoms with Gasteiger partial charge >= 0.3 is 18.0 Å². The van der Waals surface area contributed by atoms with Gasteiger partial charge in [-0.15, -0.1) is 0 Å². The van der Waals surface area contributed by atoms with Crippen LogP contribution in [0.4, 0.5) is 4.79 Å². The van der Waals surface area contributed by atoms with E-state index in [1.165, 1.54) is 0 Å². The lowest BCUT2D eigenvalue weighted by Crippen LogP contribution is -2.50. The summed E-state index contributed by atoms with van der Waals surface area (Å²) in [6.45, 7) is 5.73. The van der Waals surface area contributed by atoms with Crippen LogP contribution >= 0.6 is 15.9 Å². The van der Waals surface area contributed by atoms with E-state index in [9.17, 15) is 14.4 Å². The number of carbonyl (C=O) groups excluding carboxylic acids is 3. The molecule has 0 radical (unpaired) electrons. The highest BCUT2D eigenvalue weighted by Gasteiger charge is 2.35. The fourth-order valence-corrected chi connectivity index (χ4v) is 4.42. The summed E-state index contributed by atoms with van der Waals surface area (Å²) in [6, 6.07) is 6.44. The molecular weight excluding hydrogens is 466 g/mol. The fourth-order valence-electron chi connectivity index (χ4n) is 4.00. The van der Waals surface area contributed by atoms with Crippen LogP contribution in [0.25, 0.3) is 0 Å². The molecule has 3 rings (SSSR count). The number of amides is 2. The van der Waals surface area contributed by atoms with Crippen molar-refractivity contribution in [1.82, 2.24) is 15.5 Å². The Balaban J connectivity index is 1.91. The van der Waals surface area contributed by atoms with E-state index in [4.69, 9.17) is 9.47 Å². The SMILES string of the molecule is CCOC(=O)C1=C(CN2CCC[C@@H](C(=O)OCC)C2)NC(=O)N[C@@H]1c1cccc(Br)c1. The highest BCUT2D eigenvalue weighted by molar-refractivity contribution is 9.10. The first-order valence-corrected chi connectivity index (χ1v) is 11.3. The molecule has 2 N–H and O–H groups in total. The minimum Gasteiger partial charge on any atom is -0.466 e. The third-order valence-electron chi connectivity index (χ3n) is 5.34. The van der Waals surface area contributed by atoms with Crippen molar-refractivity contribution in [2.75, 3.05) is 32.8 Å². The van der Waals surface area contributed by atoms with Gasteiger partial charge in [-0.3, -0.25) is 9.69 Å². The summed E-state index contributed by atoms with van der Waals surface area (Å²) < 4.78 is 11.3. The van der Waals surface area contributed by atoms with Gasteiger partial charge in [0.05, 0.1) is 30.7 Å². The van der Waals surface area contributed by atoms with Crippen LogP contribution in [0.1, 0.15) is 38.3 Å². The topological polar surface area (TPSA) is 97.0 Å². The second-order valence-corrected chi connectivity index (χ2v) is 8.44. The molecule has 8 nitrogen and oxygen atoms in total. The molecule has 9 heteroatoms. The van der Waals surface area contributed by atoms with Gasteiger partial charge < -0.3 is 20.1 Å². The maximum absolute atomic E-state index is 12.9. The highest BCUT2D eigenvalue weighted by Crippen LogP contribution is 2.30. The molecule has 168 valence electrons. The van der Waals surface area contributed by atoms with Gasteiger partial charge in [0.2, 0.25) is 0 Å². The maximum atomic E-state index is 12.9. The fraction of sp³-hybridized carbons (Fsp3) is 0.500. The Morgan fingerprint density at radius 1 is 1.23 bits per heavy atom. The number of piperidine rings is 1. The van der Waals surface area contributed by atoms with Gasteiger partial charge in [0.1, 0.15) is 0 Å². The van der Waals surface area contributed by atoms with Crippen molar-refractivity contribution in [3.05, 3.63) is 45.6 Å². The van der Waals surface area contributed by atoms with E-state index < -0.39 is 12.0 Å². The normalized spacial score (nSPS) is 21.8. The molecule has 1 fully saturated rings. The molecular formula is C22H28BrN3O5. The number of nitrogens with one attached hydrogen (secondary N) is 2. The van der Waals surface area contributed by atoms with Crippen LogP contribution in [-0.2, 0) is 19.1 Å². The summed E-state index contributed by atoms with van der Waals surface area (Å²) in [6.07, 6.45) is 1.61. The number of benzene rings is 1. The summed E-state index contributed by atoms with van der Waals surface area (Å²) in [7, 11) is 0. The second kappa shape index (κ2) is 10.8. The number of urea groups is 1. The Bertz CT molecular complexity index is 872. The van der Waals surface area contributed by atoms with Gasteiger partial charge in [0.15, 0.2) is 0 Å². The van der Waals surface area contributed by atoms with Crippen molar-refractivity contribution in [3.8, 4) is 0 Å². The van der Waals surface area contributed by atoms with Crippen LogP contribution in [0, 0.1) is 5.92 Å². The zero-order valence-electron chi connectivity index (χ0n) is 17.8. The van der Waals surface area contributed by atoms with Crippen LogP contribution in [0.2, 0.25) is 0 Å². The lowest BCUT2D eigenvalue weighted by atomic mass is 9.94. The van der Waals surface area contributed by atoms with Crippen molar-refractivity contribution in [1.29, 1.82) is 0 Å². The Kier molecular flexibility index (Phi) is 8.09.